The number of amides is 1. The summed E-state index contributed by atoms with van der Waals surface area (Å²) in [5.74, 6) is 0.202. The molecule has 1 atom stereocenters. The van der Waals surface area contributed by atoms with Gasteiger partial charge in [-0.3, -0.25) is 14.5 Å². The number of nitrogens with zero attached hydrogens (tertiary/aromatic N) is 1. The topological polar surface area (TPSA) is 49.4 Å². The first-order chi connectivity index (χ1) is 11.0. The minimum Gasteiger partial charge on any atom is -0.351 e. The maximum absolute atomic E-state index is 12.5. The molecule has 124 valence electrons. The summed E-state index contributed by atoms with van der Waals surface area (Å²) in [5.41, 5.74) is 0.713. The van der Waals surface area contributed by atoms with Gasteiger partial charge in [-0.1, -0.05) is 17.7 Å². The molecule has 0 aromatic heterocycles. The summed E-state index contributed by atoms with van der Waals surface area (Å²) in [5, 5.41) is 3.45. The van der Waals surface area contributed by atoms with Gasteiger partial charge >= 0.3 is 0 Å². The summed E-state index contributed by atoms with van der Waals surface area (Å²) in [7, 11) is 0. The molecule has 4 nitrogen and oxygen atoms in total. The lowest BCUT2D eigenvalue weighted by molar-refractivity contribution is -0.126. The molecule has 1 aromatic rings. The highest BCUT2D eigenvalue weighted by Crippen LogP contribution is 2.23. The van der Waals surface area contributed by atoms with E-state index in [1.807, 2.05) is 6.92 Å². The van der Waals surface area contributed by atoms with Gasteiger partial charge in [0.25, 0.3) is 0 Å². The molecular weight excluding hydrogens is 312 g/mol. The average Bonchev–Trinajstić information content (AvgIpc) is 2.59. The number of carbonyl (C=O) groups is 2. The van der Waals surface area contributed by atoms with Gasteiger partial charge in [0.15, 0.2) is 5.78 Å². The van der Waals surface area contributed by atoms with Crippen LogP contribution in [0.25, 0.3) is 0 Å². The number of benzene rings is 1. The van der Waals surface area contributed by atoms with Crippen LogP contribution < -0.4 is 5.32 Å². The molecule has 1 amide bonds. The Morgan fingerprint density at radius 1 is 1.35 bits per heavy atom. The van der Waals surface area contributed by atoms with Crippen molar-refractivity contribution in [3.05, 3.63) is 47.5 Å². The lowest BCUT2D eigenvalue weighted by Gasteiger charge is -2.34. The van der Waals surface area contributed by atoms with Crippen LogP contribution in [-0.2, 0) is 4.79 Å². The highest BCUT2D eigenvalue weighted by molar-refractivity contribution is 6.30. The van der Waals surface area contributed by atoms with E-state index in [9.17, 15) is 9.59 Å². The number of halogens is 1. The molecule has 2 rings (SSSR count). The van der Waals surface area contributed by atoms with Crippen molar-refractivity contribution in [1.82, 2.24) is 10.2 Å². The maximum Gasteiger partial charge on any atom is 0.237 e. The van der Waals surface area contributed by atoms with Crippen molar-refractivity contribution in [1.29, 1.82) is 0 Å². The van der Waals surface area contributed by atoms with Crippen LogP contribution in [0.1, 0.15) is 30.1 Å². The van der Waals surface area contributed by atoms with Crippen LogP contribution >= 0.6 is 11.6 Å². The monoisotopic (exact) mass is 334 g/mol. The van der Waals surface area contributed by atoms with Gasteiger partial charge in [0, 0.05) is 23.0 Å². The van der Waals surface area contributed by atoms with Crippen molar-refractivity contribution in [2.24, 2.45) is 5.92 Å². The van der Waals surface area contributed by atoms with E-state index in [-0.39, 0.29) is 23.7 Å². The zero-order valence-electron chi connectivity index (χ0n) is 13.4. The molecule has 1 heterocycles. The van der Waals surface area contributed by atoms with Crippen LogP contribution in [0.2, 0.25) is 5.02 Å². The number of Topliss-reactive ketones (excluding diaryl/α,β-unsaturated/α-hetero) is 1. The van der Waals surface area contributed by atoms with E-state index in [1.54, 1.807) is 30.3 Å². The molecule has 1 aliphatic rings. The second-order valence-electron chi connectivity index (χ2n) is 5.89. The van der Waals surface area contributed by atoms with Crippen molar-refractivity contribution in [3.8, 4) is 0 Å². The SMILES string of the molecule is C=CCNC(=O)[C@H](C)N1CCC(C(=O)c2ccc(Cl)cc2)CC1. The van der Waals surface area contributed by atoms with Gasteiger partial charge in [0.2, 0.25) is 5.91 Å². The van der Waals surface area contributed by atoms with E-state index in [2.05, 4.69) is 16.8 Å². The van der Waals surface area contributed by atoms with Crippen molar-refractivity contribution < 1.29 is 9.59 Å². The molecule has 0 saturated carbocycles. The third-order valence-electron chi connectivity index (χ3n) is 4.38. The van der Waals surface area contributed by atoms with Crippen LogP contribution in [0.5, 0.6) is 0 Å². The summed E-state index contributed by atoms with van der Waals surface area (Å²) in [6.07, 6.45) is 3.22. The van der Waals surface area contributed by atoms with Crippen LogP contribution in [0, 0.1) is 5.92 Å². The second kappa shape index (κ2) is 8.27. The van der Waals surface area contributed by atoms with E-state index in [0.29, 0.717) is 17.1 Å². The Hall–Kier alpha value is -1.65. The van der Waals surface area contributed by atoms with Crippen LogP contribution in [-0.4, -0.2) is 42.3 Å². The maximum atomic E-state index is 12.5. The van der Waals surface area contributed by atoms with E-state index in [1.165, 1.54) is 0 Å². The number of likely N-dealkylation sites (tertiary alicyclic amines) is 1. The molecule has 1 aromatic carbocycles. The Balaban J connectivity index is 1.88. The first-order valence-corrected chi connectivity index (χ1v) is 8.33. The Morgan fingerprint density at radius 2 is 1.96 bits per heavy atom. The quantitative estimate of drug-likeness (QED) is 0.643. The summed E-state index contributed by atoms with van der Waals surface area (Å²) >= 11 is 5.86. The first kappa shape index (κ1) is 17.7. The standard InChI is InChI=1S/C18H23ClN2O2/c1-3-10-20-18(23)13(2)21-11-8-15(9-12-21)17(22)14-4-6-16(19)7-5-14/h3-7,13,15H,1,8-12H2,2H3,(H,20,23)/t13-/m0/s1. The highest BCUT2D eigenvalue weighted by Gasteiger charge is 2.29. The van der Waals surface area contributed by atoms with E-state index < -0.39 is 0 Å². The second-order valence-corrected chi connectivity index (χ2v) is 6.33. The molecule has 23 heavy (non-hydrogen) atoms. The first-order valence-electron chi connectivity index (χ1n) is 7.95. The number of ketones is 1. The fourth-order valence-corrected chi connectivity index (χ4v) is 3.01. The summed E-state index contributed by atoms with van der Waals surface area (Å²) < 4.78 is 0. The number of hydrogen-bond donors (Lipinski definition) is 1. The Bertz CT molecular complexity index is 563. The van der Waals surface area contributed by atoms with Gasteiger partial charge in [-0.2, -0.15) is 0 Å². The smallest absolute Gasteiger partial charge is 0.237 e. The normalized spacial score (nSPS) is 17.5. The summed E-state index contributed by atoms with van der Waals surface area (Å²) in [4.78, 5) is 26.6. The van der Waals surface area contributed by atoms with E-state index in [4.69, 9.17) is 11.6 Å². The fourth-order valence-electron chi connectivity index (χ4n) is 2.89. The molecule has 0 aliphatic carbocycles. The average molecular weight is 335 g/mol. The number of nitrogens with one attached hydrogen (secondary N) is 1. The highest BCUT2D eigenvalue weighted by atomic mass is 35.5. The van der Waals surface area contributed by atoms with Crippen LogP contribution in [0.3, 0.4) is 0 Å². The molecule has 0 unspecified atom stereocenters. The largest absolute Gasteiger partial charge is 0.351 e. The Kier molecular flexibility index (Phi) is 6.37. The van der Waals surface area contributed by atoms with Crippen molar-refractivity contribution in [2.45, 2.75) is 25.8 Å². The molecule has 0 spiro atoms. The lowest BCUT2D eigenvalue weighted by Crippen LogP contribution is -2.49. The molecule has 1 aliphatic heterocycles. The summed E-state index contributed by atoms with van der Waals surface area (Å²) in [6.45, 7) is 7.49. The Morgan fingerprint density at radius 3 is 2.52 bits per heavy atom. The van der Waals surface area contributed by atoms with Crippen molar-refractivity contribution >= 4 is 23.3 Å². The lowest BCUT2D eigenvalue weighted by atomic mass is 9.88. The van der Waals surface area contributed by atoms with E-state index in [0.717, 1.165) is 25.9 Å². The summed E-state index contributed by atoms with van der Waals surface area (Å²) in [6, 6.07) is 6.87. The molecule has 1 fully saturated rings. The molecule has 0 radical (unpaired) electrons. The number of carbonyl (C=O) groups excluding carboxylic acids is 2. The van der Waals surface area contributed by atoms with Crippen LogP contribution in [0.15, 0.2) is 36.9 Å². The zero-order valence-corrected chi connectivity index (χ0v) is 14.2. The van der Waals surface area contributed by atoms with Crippen LogP contribution in [0.4, 0.5) is 0 Å². The van der Waals surface area contributed by atoms with Crippen molar-refractivity contribution in [3.63, 3.8) is 0 Å². The molecule has 1 saturated heterocycles. The number of rotatable bonds is 6. The van der Waals surface area contributed by atoms with Gasteiger partial charge in [0.1, 0.15) is 0 Å². The predicted octanol–water partition coefficient (Wildman–Crippen LogP) is 2.93. The third kappa shape index (κ3) is 4.66. The molecule has 5 heteroatoms. The van der Waals surface area contributed by atoms with Crippen molar-refractivity contribution in [2.75, 3.05) is 19.6 Å². The molecular formula is C18H23ClN2O2. The van der Waals surface area contributed by atoms with Gasteiger partial charge in [-0.15, -0.1) is 6.58 Å². The minimum atomic E-state index is -0.179. The zero-order chi connectivity index (χ0) is 16.8. The fraction of sp³-hybridized carbons (Fsp3) is 0.444. The Labute approximate surface area is 142 Å². The van der Waals surface area contributed by atoms with Gasteiger partial charge < -0.3 is 5.32 Å². The number of piperidine rings is 1. The predicted molar refractivity (Wildman–Crippen MR) is 92.7 cm³/mol. The third-order valence-corrected chi connectivity index (χ3v) is 4.63. The minimum absolute atomic E-state index is 0.00683. The number of hydrogen-bond acceptors (Lipinski definition) is 3. The van der Waals surface area contributed by atoms with Gasteiger partial charge in [0.05, 0.1) is 6.04 Å². The van der Waals surface area contributed by atoms with Gasteiger partial charge in [-0.05, 0) is 57.1 Å². The van der Waals surface area contributed by atoms with Gasteiger partial charge in [-0.25, -0.2) is 0 Å². The molecule has 0 bridgehead atoms. The van der Waals surface area contributed by atoms with E-state index >= 15 is 0 Å². The molecule has 1 N–H and O–H groups in total.